The zero-order valence-electron chi connectivity index (χ0n) is 7.92. The van der Waals surface area contributed by atoms with Gasteiger partial charge in [0.1, 0.15) is 0 Å². The van der Waals surface area contributed by atoms with Gasteiger partial charge in [-0.15, -0.1) is 0 Å². The van der Waals surface area contributed by atoms with Gasteiger partial charge in [0, 0.05) is 11.5 Å². The Morgan fingerprint density at radius 3 is 2.43 bits per heavy atom. The Morgan fingerprint density at radius 2 is 2.00 bits per heavy atom. The van der Waals surface area contributed by atoms with E-state index in [1.54, 1.807) is 12.1 Å². The molecule has 74 valence electrons. The van der Waals surface area contributed by atoms with Crippen molar-refractivity contribution in [3.63, 3.8) is 0 Å². The zero-order valence-corrected chi connectivity index (χ0v) is 8.67. The maximum atomic E-state index is 11.1. The van der Waals surface area contributed by atoms with E-state index in [1.807, 2.05) is 12.1 Å². The molecule has 0 unspecified atom stereocenters. The van der Waals surface area contributed by atoms with E-state index < -0.39 is 0 Å². The lowest BCUT2D eigenvalue weighted by Crippen LogP contribution is -2.00. The number of ether oxygens (including phenoxy) is 1. The number of carbonyl (C=O) groups excluding carboxylic acids is 1. The molecule has 0 saturated carbocycles. The van der Waals surface area contributed by atoms with Crippen LogP contribution in [0, 0.1) is 0 Å². The molecule has 0 atom stereocenters. The lowest BCUT2D eigenvalue weighted by molar-refractivity contribution is 0.0601. The van der Waals surface area contributed by atoms with Gasteiger partial charge in [0.2, 0.25) is 0 Å². The molecule has 0 N–H and O–H groups in total. The Kier molecular flexibility index (Phi) is 3.72. The maximum Gasteiger partial charge on any atom is 0.337 e. The average Bonchev–Trinajstić information content (AvgIpc) is 2.17. The van der Waals surface area contributed by atoms with Gasteiger partial charge in [-0.3, -0.25) is 0 Å². The van der Waals surface area contributed by atoms with Crippen molar-refractivity contribution in [2.45, 2.75) is 6.42 Å². The Labute approximate surface area is 88.1 Å². The number of methoxy groups -OCH3 is 1. The van der Waals surface area contributed by atoms with E-state index >= 15 is 0 Å². The number of carbonyl (C=O) groups is 1. The molecule has 0 aromatic heterocycles. The predicted molar refractivity (Wildman–Crippen MR) is 56.5 cm³/mol. The van der Waals surface area contributed by atoms with E-state index in [0.717, 1.165) is 5.56 Å². The van der Waals surface area contributed by atoms with Gasteiger partial charge in [-0.25, -0.2) is 4.79 Å². The molecule has 1 rings (SSSR count). The minimum atomic E-state index is -0.332. The van der Waals surface area contributed by atoms with E-state index in [9.17, 15) is 4.79 Å². The number of esters is 1. The van der Waals surface area contributed by atoms with E-state index in [-0.39, 0.29) is 5.97 Å². The molecule has 2 nitrogen and oxygen atoms in total. The SMILES string of the molecule is C=C(Cl)Cc1ccc(C(=O)OC)cc1. The van der Waals surface area contributed by atoms with Crippen molar-refractivity contribution in [2.24, 2.45) is 0 Å². The summed E-state index contributed by atoms with van der Waals surface area (Å²) in [4.78, 5) is 11.1. The number of allylic oxidation sites excluding steroid dienone is 1. The van der Waals surface area contributed by atoms with Gasteiger partial charge in [-0.1, -0.05) is 30.3 Å². The first-order valence-electron chi connectivity index (χ1n) is 4.14. The van der Waals surface area contributed by atoms with Crippen molar-refractivity contribution in [2.75, 3.05) is 7.11 Å². The molecule has 3 heteroatoms. The third-order valence-corrected chi connectivity index (χ3v) is 1.90. The fraction of sp³-hybridized carbons (Fsp3) is 0.182. The fourth-order valence-electron chi connectivity index (χ4n) is 1.10. The minimum Gasteiger partial charge on any atom is -0.465 e. The van der Waals surface area contributed by atoms with Crippen molar-refractivity contribution in [3.05, 3.63) is 47.0 Å². The second-order valence-electron chi connectivity index (χ2n) is 2.88. The highest BCUT2D eigenvalue weighted by molar-refractivity contribution is 6.29. The van der Waals surface area contributed by atoms with Crippen LogP contribution in [0.15, 0.2) is 35.9 Å². The minimum absolute atomic E-state index is 0.332. The summed E-state index contributed by atoms with van der Waals surface area (Å²) in [5, 5.41) is 0.579. The van der Waals surface area contributed by atoms with E-state index in [0.29, 0.717) is 17.0 Å². The number of hydrogen-bond acceptors (Lipinski definition) is 2. The zero-order chi connectivity index (χ0) is 10.6. The number of halogens is 1. The van der Waals surface area contributed by atoms with Crippen LogP contribution in [-0.2, 0) is 11.2 Å². The smallest absolute Gasteiger partial charge is 0.337 e. The molecule has 0 bridgehead atoms. The Morgan fingerprint density at radius 1 is 1.43 bits per heavy atom. The molecule has 0 heterocycles. The standard InChI is InChI=1S/C11H11ClO2/c1-8(12)7-9-3-5-10(6-4-9)11(13)14-2/h3-6H,1,7H2,2H3. The van der Waals surface area contributed by atoms with Gasteiger partial charge in [0.15, 0.2) is 0 Å². The molecule has 1 aromatic rings. The fourth-order valence-corrected chi connectivity index (χ4v) is 1.25. The molecule has 14 heavy (non-hydrogen) atoms. The summed E-state index contributed by atoms with van der Waals surface area (Å²) in [7, 11) is 1.36. The van der Waals surface area contributed by atoms with Gasteiger partial charge >= 0.3 is 5.97 Å². The first kappa shape index (κ1) is 10.8. The molecule has 0 amide bonds. The van der Waals surface area contributed by atoms with Crippen molar-refractivity contribution >= 4 is 17.6 Å². The van der Waals surface area contributed by atoms with Crippen LogP contribution in [0.5, 0.6) is 0 Å². The summed E-state index contributed by atoms with van der Waals surface area (Å²) in [6.07, 6.45) is 0.614. The van der Waals surface area contributed by atoms with Crippen molar-refractivity contribution in [3.8, 4) is 0 Å². The Bertz CT molecular complexity index is 341. The molecule has 0 fully saturated rings. The van der Waals surface area contributed by atoms with Crippen molar-refractivity contribution in [1.82, 2.24) is 0 Å². The third-order valence-electron chi connectivity index (χ3n) is 1.77. The monoisotopic (exact) mass is 210 g/mol. The van der Waals surface area contributed by atoms with Crippen molar-refractivity contribution in [1.29, 1.82) is 0 Å². The van der Waals surface area contributed by atoms with Crippen LogP contribution in [-0.4, -0.2) is 13.1 Å². The molecule has 0 aliphatic carbocycles. The van der Waals surface area contributed by atoms with E-state index in [1.165, 1.54) is 7.11 Å². The summed E-state index contributed by atoms with van der Waals surface area (Å²) in [6.45, 7) is 3.60. The van der Waals surface area contributed by atoms with Gasteiger partial charge in [-0.2, -0.15) is 0 Å². The highest BCUT2D eigenvalue weighted by Crippen LogP contribution is 2.11. The lowest BCUT2D eigenvalue weighted by atomic mass is 10.1. The second kappa shape index (κ2) is 4.82. The van der Waals surface area contributed by atoms with Crippen LogP contribution in [0.4, 0.5) is 0 Å². The first-order valence-corrected chi connectivity index (χ1v) is 4.52. The quantitative estimate of drug-likeness (QED) is 0.718. The van der Waals surface area contributed by atoms with Crippen LogP contribution in [0.3, 0.4) is 0 Å². The maximum absolute atomic E-state index is 11.1. The molecular formula is C11H11ClO2. The largest absolute Gasteiger partial charge is 0.465 e. The van der Waals surface area contributed by atoms with Crippen LogP contribution in [0.2, 0.25) is 0 Å². The highest BCUT2D eigenvalue weighted by Gasteiger charge is 2.04. The van der Waals surface area contributed by atoms with Crippen LogP contribution in [0.25, 0.3) is 0 Å². The van der Waals surface area contributed by atoms with E-state index in [2.05, 4.69) is 11.3 Å². The van der Waals surface area contributed by atoms with Gasteiger partial charge in [0.25, 0.3) is 0 Å². The molecular weight excluding hydrogens is 200 g/mol. The third kappa shape index (κ3) is 2.89. The summed E-state index contributed by atoms with van der Waals surface area (Å²) in [5.74, 6) is -0.332. The number of rotatable bonds is 3. The number of benzene rings is 1. The van der Waals surface area contributed by atoms with Crippen LogP contribution >= 0.6 is 11.6 Å². The second-order valence-corrected chi connectivity index (χ2v) is 3.42. The lowest BCUT2D eigenvalue weighted by Gasteiger charge is -2.01. The first-order chi connectivity index (χ1) is 6.63. The molecule has 0 spiro atoms. The van der Waals surface area contributed by atoms with Gasteiger partial charge in [-0.05, 0) is 17.7 Å². The Balaban J connectivity index is 2.78. The Hall–Kier alpha value is -1.28. The predicted octanol–water partition coefficient (Wildman–Crippen LogP) is 2.77. The molecule has 0 aliphatic heterocycles. The molecule has 0 radical (unpaired) electrons. The van der Waals surface area contributed by atoms with Crippen molar-refractivity contribution < 1.29 is 9.53 Å². The average molecular weight is 211 g/mol. The van der Waals surface area contributed by atoms with Gasteiger partial charge in [0.05, 0.1) is 12.7 Å². The van der Waals surface area contributed by atoms with Gasteiger partial charge < -0.3 is 4.74 Å². The summed E-state index contributed by atoms with van der Waals surface area (Å²) in [6, 6.07) is 7.08. The normalized spacial score (nSPS) is 9.57. The molecule has 0 aliphatic rings. The van der Waals surface area contributed by atoms with E-state index in [4.69, 9.17) is 11.6 Å². The highest BCUT2D eigenvalue weighted by atomic mass is 35.5. The van der Waals surface area contributed by atoms with Crippen LogP contribution < -0.4 is 0 Å². The summed E-state index contributed by atoms with van der Waals surface area (Å²) < 4.78 is 4.57. The molecule has 1 aromatic carbocycles. The summed E-state index contributed by atoms with van der Waals surface area (Å²) >= 11 is 5.66. The van der Waals surface area contributed by atoms with Crippen LogP contribution in [0.1, 0.15) is 15.9 Å². The number of hydrogen-bond donors (Lipinski definition) is 0. The summed E-state index contributed by atoms with van der Waals surface area (Å²) in [5.41, 5.74) is 1.56. The topological polar surface area (TPSA) is 26.3 Å². The molecule has 0 saturated heterocycles.